The minimum Gasteiger partial charge on any atom is -0.480 e. The largest absolute Gasteiger partial charge is 0.480 e. The van der Waals surface area contributed by atoms with E-state index in [0.29, 0.717) is 17.1 Å². The van der Waals surface area contributed by atoms with E-state index in [4.69, 9.17) is 4.74 Å². The number of aromatic nitrogens is 2. The van der Waals surface area contributed by atoms with E-state index in [9.17, 15) is 8.78 Å². The van der Waals surface area contributed by atoms with Crippen LogP contribution in [-0.4, -0.2) is 24.1 Å². The number of halogens is 2. The minimum atomic E-state index is -0.641. The van der Waals surface area contributed by atoms with Crippen LogP contribution in [0.15, 0.2) is 30.6 Å². The first kappa shape index (κ1) is 13.4. The fraction of sp³-hybridized carbons (Fsp3) is 0.231. The molecule has 2 rings (SSSR count). The average Bonchev–Trinajstić information content (AvgIpc) is 2.39. The lowest BCUT2D eigenvalue weighted by Gasteiger charge is -2.17. The van der Waals surface area contributed by atoms with Crippen molar-refractivity contribution in [1.29, 1.82) is 0 Å². The molecule has 6 heteroatoms. The van der Waals surface area contributed by atoms with Crippen molar-refractivity contribution in [2.24, 2.45) is 0 Å². The maximum atomic E-state index is 13.3. The molecule has 0 saturated heterocycles. The van der Waals surface area contributed by atoms with E-state index in [0.717, 1.165) is 6.07 Å². The third-order valence-corrected chi connectivity index (χ3v) is 2.66. The maximum absolute atomic E-state index is 13.3. The Balaban J connectivity index is 2.49. The molecule has 1 N–H and O–H groups in total. The van der Waals surface area contributed by atoms with Gasteiger partial charge in [0.25, 0.3) is 0 Å². The lowest BCUT2D eigenvalue weighted by molar-refractivity contribution is 0.384. The number of rotatable bonds is 4. The van der Waals surface area contributed by atoms with Gasteiger partial charge in [-0.15, -0.1) is 0 Å². The summed E-state index contributed by atoms with van der Waals surface area (Å²) in [4.78, 5) is 8.19. The van der Waals surface area contributed by atoms with E-state index in [1.54, 1.807) is 7.05 Å². The second-order valence-corrected chi connectivity index (χ2v) is 3.88. The van der Waals surface area contributed by atoms with Gasteiger partial charge in [0.1, 0.15) is 17.3 Å². The van der Waals surface area contributed by atoms with Crippen molar-refractivity contribution in [3.8, 4) is 5.88 Å². The number of nitrogens with zero attached hydrogens (tertiary/aromatic N) is 2. The van der Waals surface area contributed by atoms with Gasteiger partial charge in [0.2, 0.25) is 5.88 Å². The van der Waals surface area contributed by atoms with E-state index in [1.165, 1.54) is 31.6 Å². The van der Waals surface area contributed by atoms with E-state index in [2.05, 4.69) is 15.3 Å². The van der Waals surface area contributed by atoms with E-state index < -0.39 is 17.7 Å². The predicted octanol–water partition coefficient (Wildman–Crippen LogP) is 2.07. The fourth-order valence-corrected chi connectivity index (χ4v) is 1.89. The summed E-state index contributed by atoms with van der Waals surface area (Å²) in [5.74, 6) is -0.970. The molecule has 0 amide bonds. The highest BCUT2D eigenvalue weighted by atomic mass is 19.1. The number of hydrogen-bond donors (Lipinski definition) is 1. The highest BCUT2D eigenvalue weighted by molar-refractivity contribution is 5.33. The Kier molecular flexibility index (Phi) is 4.01. The summed E-state index contributed by atoms with van der Waals surface area (Å²) in [5, 5.41) is 2.95. The van der Waals surface area contributed by atoms with Gasteiger partial charge >= 0.3 is 0 Å². The zero-order valence-corrected chi connectivity index (χ0v) is 10.5. The summed E-state index contributed by atoms with van der Waals surface area (Å²) in [7, 11) is 3.13. The van der Waals surface area contributed by atoms with Crippen LogP contribution in [0.25, 0.3) is 0 Å². The maximum Gasteiger partial charge on any atom is 0.237 e. The normalized spacial score (nSPS) is 12.2. The monoisotopic (exact) mass is 265 g/mol. The number of methoxy groups -OCH3 is 1. The highest BCUT2D eigenvalue weighted by Gasteiger charge is 2.20. The molecule has 100 valence electrons. The molecule has 0 aliphatic heterocycles. The molecule has 0 bridgehead atoms. The number of benzene rings is 1. The number of hydrogen-bond acceptors (Lipinski definition) is 4. The van der Waals surface area contributed by atoms with Crippen LogP contribution < -0.4 is 10.1 Å². The highest BCUT2D eigenvalue weighted by Crippen LogP contribution is 2.26. The van der Waals surface area contributed by atoms with Gasteiger partial charge in [-0.2, -0.15) is 0 Å². The van der Waals surface area contributed by atoms with Gasteiger partial charge in [-0.3, -0.25) is 4.98 Å². The van der Waals surface area contributed by atoms with Gasteiger partial charge in [-0.1, -0.05) is 0 Å². The molecule has 0 radical (unpaired) electrons. The molecular weight excluding hydrogens is 252 g/mol. The Morgan fingerprint density at radius 1 is 1.11 bits per heavy atom. The first-order valence-electron chi connectivity index (χ1n) is 5.64. The Labute approximate surface area is 109 Å². The molecule has 0 aliphatic carbocycles. The Morgan fingerprint density at radius 2 is 1.74 bits per heavy atom. The standard InChI is InChI=1S/C13H13F2N3O/c1-16-11(8-5-9(14)7-10(15)6-8)12-13(19-2)18-4-3-17-12/h3-7,11,16H,1-2H3. The lowest BCUT2D eigenvalue weighted by Crippen LogP contribution is -2.20. The van der Waals surface area contributed by atoms with Crippen LogP contribution in [0.5, 0.6) is 5.88 Å². The Hall–Kier alpha value is -2.08. The van der Waals surface area contributed by atoms with Gasteiger partial charge in [0, 0.05) is 18.5 Å². The molecule has 1 aromatic carbocycles. The van der Waals surface area contributed by atoms with Crippen LogP contribution >= 0.6 is 0 Å². The third kappa shape index (κ3) is 2.85. The Bertz CT molecular complexity index is 557. The smallest absolute Gasteiger partial charge is 0.237 e. The topological polar surface area (TPSA) is 47.0 Å². The van der Waals surface area contributed by atoms with Crippen molar-refractivity contribution in [2.75, 3.05) is 14.2 Å². The van der Waals surface area contributed by atoms with Crippen molar-refractivity contribution < 1.29 is 13.5 Å². The van der Waals surface area contributed by atoms with Crippen molar-refractivity contribution in [1.82, 2.24) is 15.3 Å². The first-order valence-corrected chi connectivity index (χ1v) is 5.64. The SMILES string of the molecule is CNC(c1cc(F)cc(F)c1)c1nccnc1OC. The molecule has 1 heterocycles. The lowest BCUT2D eigenvalue weighted by atomic mass is 10.0. The second kappa shape index (κ2) is 5.71. The minimum absolute atomic E-state index is 0.312. The summed E-state index contributed by atoms with van der Waals surface area (Å²) in [6.07, 6.45) is 2.99. The van der Waals surface area contributed by atoms with Gasteiger partial charge in [-0.05, 0) is 24.7 Å². The molecule has 2 aromatic rings. The van der Waals surface area contributed by atoms with Crippen LogP contribution in [0.3, 0.4) is 0 Å². The molecule has 1 atom stereocenters. The molecule has 1 aromatic heterocycles. The summed E-state index contributed by atoms with van der Waals surface area (Å²) < 4.78 is 31.7. The van der Waals surface area contributed by atoms with Gasteiger partial charge < -0.3 is 10.1 Å². The fourth-order valence-electron chi connectivity index (χ4n) is 1.89. The first-order chi connectivity index (χ1) is 9.15. The van der Waals surface area contributed by atoms with E-state index >= 15 is 0 Å². The van der Waals surface area contributed by atoms with Crippen LogP contribution in [-0.2, 0) is 0 Å². The van der Waals surface area contributed by atoms with Gasteiger partial charge in [-0.25, -0.2) is 13.8 Å². The predicted molar refractivity (Wildman–Crippen MR) is 65.8 cm³/mol. The van der Waals surface area contributed by atoms with Gasteiger partial charge in [0.15, 0.2) is 0 Å². The molecule has 0 aliphatic rings. The quantitative estimate of drug-likeness (QED) is 0.919. The molecule has 19 heavy (non-hydrogen) atoms. The van der Waals surface area contributed by atoms with Crippen LogP contribution in [0.4, 0.5) is 8.78 Å². The molecular formula is C13H13F2N3O. The number of ether oxygens (including phenoxy) is 1. The van der Waals surface area contributed by atoms with Crippen molar-refractivity contribution in [3.05, 3.63) is 53.5 Å². The Morgan fingerprint density at radius 3 is 2.32 bits per heavy atom. The van der Waals surface area contributed by atoms with Crippen molar-refractivity contribution in [3.63, 3.8) is 0 Å². The molecule has 1 unspecified atom stereocenters. The molecule has 0 saturated carbocycles. The van der Waals surface area contributed by atoms with E-state index in [-0.39, 0.29) is 0 Å². The van der Waals surface area contributed by atoms with Crippen molar-refractivity contribution in [2.45, 2.75) is 6.04 Å². The zero-order chi connectivity index (χ0) is 13.8. The molecule has 0 fully saturated rings. The van der Waals surface area contributed by atoms with E-state index in [1.807, 2.05) is 0 Å². The second-order valence-electron chi connectivity index (χ2n) is 3.88. The molecule has 0 spiro atoms. The summed E-state index contributed by atoms with van der Waals surface area (Å²) in [6.45, 7) is 0. The van der Waals surface area contributed by atoms with Gasteiger partial charge in [0.05, 0.1) is 13.2 Å². The summed E-state index contributed by atoms with van der Waals surface area (Å²) in [6, 6.07) is 2.81. The van der Waals surface area contributed by atoms with Crippen LogP contribution in [0.1, 0.15) is 17.3 Å². The summed E-state index contributed by atoms with van der Waals surface area (Å²) >= 11 is 0. The molecule has 4 nitrogen and oxygen atoms in total. The third-order valence-electron chi connectivity index (χ3n) is 2.66. The summed E-state index contributed by atoms with van der Waals surface area (Å²) in [5.41, 5.74) is 0.885. The zero-order valence-electron chi connectivity index (χ0n) is 10.5. The van der Waals surface area contributed by atoms with Crippen molar-refractivity contribution >= 4 is 0 Å². The van der Waals surface area contributed by atoms with Crippen LogP contribution in [0.2, 0.25) is 0 Å². The van der Waals surface area contributed by atoms with Crippen LogP contribution in [0, 0.1) is 11.6 Å². The number of nitrogens with one attached hydrogen (secondary N) is 1. The average molecular weight is 265 g/mol.